The van der Waals surface area contributed by atoms with E-state index in [0.717, 1.165) is 39.6 Å². The van der Waals surface area contributed by atoms with Crippen LogP contribution in [0.4, 0.5) is 0 Å². The van der Waals surface area contributed by atoms with Crippen molar-refractivity contribution in [2.45, 2.75) is 5.41 Å². The van der Waals surface area contributed by atoms with E-state index in [4.69, 9.17) is 14.7 Å². The maximum atomic E-state index is 6.60. The third kappa shape index (κ3) is 4.46. The zero-order valence-corrected chi connectivity index (χ0v) is 29.3. The molecule has 0 N–H and O–H groups in total. The molecule has 0 amide bonds. The first-order valence-electron chi connectivity index (χ1n) is 17.9. The standard InChI is InChI=1S/C49H30N2OS/c1-3-13-32(14-4-1)42-30-43(51-48(50-42)34-15-5-2-6-16-34)33-25-23-31(24-26-33)37-29-41-46(36-27-28-53-47(36)37)35-17-7-8-18-38(35)49(41)39-19-9-11-21-44(39)52-45-22-12-10-20-40(45)49/h1-30H. The summed E-state index contributed by atoms with van der Waals surface area (Å²) in [6, 6.07) is 62.4. The van der Waals surface area contributed by atoms with Crippen molar-refractivity contribution >= 4 is 21.4 Å². The smallest absolute Gasteiger partial charge is 0.160 e. The van der Waals surface area contributed by atoms with Gasteiger partial charge in [0.1, 0.15) is 11.5 Å². The first-order valence-corrected chi connectivity index (χ1v) is 18.8. The van der Waals surface area contributed by atoms with E-state index < -0.39 is 5.41 Å². The fourth-order valence-electron chi connectivity index (χ4n) is 8.58. The topological polar surface area (TPSA) is 35.0 Å². The molecule has 0 saturated carbocycles. The van der Waals surface area contributed by atoms with Crippen molar-refractivity contribution in [2.24, 2.45) is 0 Å². The maximum absolute atomic E-state index is 6.60. The van der Waals surface area contributed by atoms with Crippen LogP contribution in [-0.2, 0) is 5.41 Å². The van der Waals surface area contributed by atoms with Gasteiger partial charge in [-0.2, -0.15) is 0 Å². The Hall–Kier alpha value is -6.62. The van der Waals surface area contributed by atoms with Gasteiger partial charge in [-0.15, -0.1) is 11.3 Å². The highest BCUT2D eigenvalue weighted by atomic mass is 32.1. The number of nitrogens with zero attached hydrogens (tertiary/aromatic N) is 2. The lowest BCUT2D eigenvalue weighted by molar-refractivity contribution is 0.436. The fraction of sp³-hybridized carbons (Fsp3) is 0.0204. The van der Waals surface area contributed by atoms with Crippen LogP contribution in [0.1, 0.15) is 22.3 Å². The quantitative estimate of drug-likeness (QED) is 0.184. The molecular formula is C49H30N2OS. The Morgan fingerprint density at radius 1 is 0.434 bits per heavy atom. The van der Waals surface area contributed by atoms with E-state index >= 15 is 0 Å². The van der Waals surface area contributed by atoms with E-state index in [1.807, 2.05) is 35.6 Å². The number of hydrogen-bond donors (Lipinski definition) is 0. The molecule has 0 unspecified atom stereocenters. The molecule has 2 aromatic heterocycles. The molecule has 0 fully saturated rings. The number of rotatable bonds is 4. The molecule has 9 aromatic rings. The first-order chi connectivity index (χ1) is 26.3. The van der Waals surface area contributed by atoms with Crippen molar-refractivity contribution in [3.63, 3.8) is 0 Å². The minimum Gasteiger partial charge on any atom is -0.457 e. The van der Waals surface area contributed by atoms with Gasteiger partial charge in [-0.05, 0) is 69.1 Å². The Morgan fingerprint density at radius 2 is 0.981 bits per heavy atom. The van der Waals surface area contributed by atoms with Crippen LogP contribution >= 0.6 is 11.3 Å². The van der Waals surface area contributed by atoms with Crippen LogP contribution in [0, 0.1) is 0 Å². The minimum atomic E-state index is -0.523. The molecule has 0 atom stereocenters. The third-order valence-electron chi connectivity index (χ3n) is 10.9. The largest absolute Gasteiger partial charge is 0.457 e. The van der Waals surface area contributed by atoms with Gasteiger partial charge in [0.25, 0.3) is 0 Å². The molecular weight excluding hydrogens is 665 g/mol. The van der Waals surface area contributed by atoms with Crippen LogP contribution in [-0.4, -0.2) is 9.97 Å². The molecule has 2 aliphatic rings. The Kier molecular flexibility index (Phi) is 6.64. The van der Waals surface area contributed by atoms with E-state index in [1.165, 1.54) is 54.6 Å². The lowest BCUT2D eigenvalue weighted by Gasteiger charge is -2.39. The summed E-state index contributed by atoms with van der Waals surface area (Å²) in [5, 5.41) is 3.52. The Labute approximate surface area is 311 Å². The molecule has 3 heterocycles. The molecule has 1 spiro atoms. The molecule has 0 radical (unpaired) electrons. The zero-order chi connectivity index (χ0) is 34.9. The maximum Gasteiger partial charge on any atom is 0.160 e. The second-order valence-corrected chi connectivity index (χ2v) is 14.6. The molecule has 3 nitrogen and oxygen atoms in total. The lowest BCUT2D eigenvalue weighted by atomic mass is 9.66. The van der Waals surface area contributed by atoms with Gasteiger partial charge in [0.2, 0.25) is 0 Å². The van der Waals surface area contributed by atoms with E-state index in [9.17, 15) is 0 Å². The summed E-state index contributed by atoms with van der Waals surface area (Å²) in [6.45, 7) is 0. The molecule has 0 saturated heterocycles. The van der Waals surface area contributed by atoms with Gasteiger partial charge >= 0.3 is 0 Å². The van der Waals surface area contributed by atoms with Gasteiger partial charge in [0, 0.05) is 37.9 Å². The Morgan fingerprint density at radius 3 is 1.66 bits per heavy atom. The molecule has 1 aliphatic carbocycles. The number of thiophene rings is 1. The molecule has 0 bridgehead atoms. The van der Waals surface area contributed by atoms with Crippen LogP contribution in [0.5, 0.6) is 11.5 Å². The molecule has 248 valence electrons. The van der Waals surface area contributed by atoms with Crippen molar-refractivity contribution in [1.29, 1.82) is 0 Å². The predicted molar refractivity (Wildman–Crippen MR) is 217 cm³/mol. The summed E-state index contributed by atoms with van der Waals surface area (Å²) in [7, 11) is 0. The molecule has 53 heavy (non-hydrogen) atoms. The third-order valence-corrected chi connectivity index (χ3v) is 11.8. The van der Waals surface area contributed by atoms with Crippen LogP contribution in [0.3, 0.4) is 0 Å². The highest BCUT2D eigenvalue weighted by Crippen LogP contribution is 2.64. The number of fused-ring (bicyclic) bond motifs is 11. The Bertz CT molecular complexity index is 2760. The van der Waals surface area contributed by atoms with Crippen LogP contribution < -0.4 is 4.74 Å². The number of para-hydroxylation sites is 2. The van der Waals surface area contributed by atoms with Crippen molar-refractivity contribution < 1.29 is 4.74 Å². The minimum absolute atomic E-state index is 0.523. The van der Waals surface area contributed by atoms with Crippen molar-refractivity contribution in [2.75, 3.05) is 0 Å². The highest BCUT2D eigenvalue weighted by Gasteiger charge is 2.51. The summed E-state index contributed by atoms with van der Waals surface area (Å²) in [5.74, 6) is 2.52. The van der Waals surface area contributed by atoms with E-state index in [-0.39, 0.29) is 0 Å². The molecule has 1 aliphatic heterocycles. The van der Waals surface area contributed by atoms with Crippen molar-refractivity contribution in [3.05, 3.63) is 204 Å². The van der Waals surface area contributed by atoms with Crippen LogP contribution in [0.2, 0.25) is 0 Å². The normalized spacial score (nSPS) is 13.2. The van der Waals surface area contributed by atoms with E-state index in [0.29, 0.717) is 5.82 Å². The monoisotopic (exact) mass is 694 g/mol. The molecule has 7 aromatic carbocycles. The van der Waals surface area contributed by atoms with Crippen LogP contribution in [0.15, 0.2) is 181 Å². The van der Waals surface area contributed by atoms with Crippen molar-refractivity contribution in [1.82, 2.24) is 9.97 Å². The number of hydrogen-bond acceptors (Lipinski definition) is 4. The number of aromatic nitrogens is 2. The van der Waals surface area contributed by atoms with Gasteiger partial charge in [-0.25, -0.2) is 9.97 Å². The van der Waals surface area contributed by atoms with Gasteiger partial charge < -0.3 is 4.74 Å². The van der Waals surface area contributed by atoms with Gasteiger partial charge in [-0.3, -0.25) is 0 Å². The lowest BCUT2D eigenvalue weighted by Crippen LogP contribution is -2.32. The molecule has 11 rings (SSSR count). The van der Waals surface area contributed by atoms with Gasteiger partial charge in [-0.1, -0.05) is 146 Å². The van der Waals surface area contributed by atoms with E-state index in [2.05, 4.69) is 157 Å². The summed E-state index contributed by atoms with van der Waals surface area (Å²) >= 11 is 1.81. The zero-order valence-electron chi connectivity index (χ0n) is 28.5. The summed E-state index contributed by atoms with van der Waals surface area (Å²) in [6.07, 6.45) is 0. The van der Waals surface area contributed by atoms with Crippen LogP contribution in [0.25, 0.3) is 66.2 Å². The predicted octanol–water partition coefficient (Wildman–Crippen LogP) is 12.8. The van der Waals surface area contributed by atoms with Crippen molar-refractivity contribution in [3.8, 4) is 67.7 Å². The second kappa shape index (κ2) is 11.7. The highest BCUT2D eigenvalue weighted by molar-refractivity contribution is 7.17. The Balaban J connectivity index is 1.11. The molecule has 4 heteroatoms. The van der Waals surface area contributed by atoms with Gasteiger partial charge in [0.05, 0.1) is 16.8 Å². The second-order valence-electron chi connectivity index (χ2n) is 13.7. The summed E-state index contributed by atoms with van der Waals surface area (Å²) in [5.41, 5.74) is 14.3. The summed E-state index contributed by atoms with van der Waals surface area (Å²) < 4.78 is 7.89. The average Bonchev–Trinajstić information content (AvgIpc) is 3.83. The average molecular weight is 695 g/mol. The van der Waals surface area contributed by atoms with E-state index in [1.54, 1.807) is 0 Å². The SMILES string of the molecule is c1ccc(-c2cc(-c3ccc(-c4cc5c(c6ccsc46)-c4ccccc4C54c5ccccc5Oc5ccccc54)cc3)nc(-c3ccccc3)n2)cc1. The summed E-state index contributed by atoms with van der Waals surface area (Å²) in [4.78, 5) is 10.1. The van der Waals surface area contributed by atoms with Gasteiger partial charge in [0.15, 0.2) is 5.82 Å². The number of benzene rings is 7. The fourth-order valence-corrected chi connectivity index (χ4v) is 9.52. The number of ether oxygens (including phenoxy) is 1. The first kappa shape index (κ1) is 30.0.